The molecule has 2 rings (SSSR count). The first kappa shape index (κ1) is 12.3. The fourth-order valence-corrected chi connectivity index (χ4v) is 2.13. The Balaban J connectivity index is 2.36. The molecule has 18 heavy (non-hydrogen) atoms. The number of anilines is 1. The maximum atomic E-state index is 12.3. The van der Waals surface area contributed by atoms with Gasteiger partial charge < -0.3 is 10.2 Å². The number of nitrogens with one attached hydrogen (secondary N) is 1. The van der Waals surface area contributed by atoms with Crippen molar-refractivity contribution in [3.8, 4) is 0 Å². The molecule has 1 amide bonds. The molecule has 1 aromatic carbocycles. The summed E-state index contributed by atoms with van der Waals surface area (Å²) in [6, 6.07) is 4.31. The van der Waals surface area contributed by atoms with Gasteiger partial charge in [-0.2, -0.15) is 0 Å². The molecule has 1 aliphatic rings. The molecule has 6 nitrogen and oxygen atoms in total. The zero-order valence-corrected chi connectivity index (χ0v) is 10.2. The second-order valence-electron chi connectivity index (χ2n) is 4.24. The molecule has 0 radical (unpaired) electrons. The van der Waals surface area contributed by atoms with Crippen LogP contribution in [0.3, 0.4) is 0 Å². The minimum absolute atomic E-state index is 0.0588. The van der Waals surface area contributed by atoms with E-state index >= 15 is 0 Å². The first-order chi connectivity index (χ1) is 8.63. The van der Waals surface area contributed by atoms with Crippen LogP contribution in [0.2, 0.25) is 0 Å². The van der Waals surface area contributed by atoms with Crippen LogP contribution in [-0.4, -0.2) is 35.9 Å². The molecule has 1 heterocycles. The number of nitro benzene ring substituents is 1. The van der Waals surface area contributed by atoms with Gasteiger partial charge in [0, 0.05) is 38.0 Å². The Morgan fingerprint density at radius 1 is 1.39 bits per heavy atom. The molecule has 1 aromatic rings. The van der Waals surface area contributed by atoms with Crippen LogP contribution in [0.25, 0.3) is 0 Å². The Hall–Kier alpha value is -2.11. The van der Waals surface area contributed by atoms with E-state index in [4.69, 9.17) is 0 Å². The number of nitrogens with zero attached hydrogens (tertiary/aromatic N) is 2. The number of rotatable bonds is 3. The van der Waals surface area contributed by atoms with Gasteiger partial charge in [0.2, 0.25) is 0 Å². The number of carbonyl (C=O) groups excluding carboxylic acids is 1. The lowest BCUT2D eigenvalue weighted by atomic mass is 10.1. The van der Waals surface area contributed by atoms with Crippen molar-refractivity contribution < 1.29 is 9.72 Å². The molecule has 1 fully saturated rings. The number of hydrogen-bond donors (Lipinski definition) is 1. The van der Waals surface area contributed by atoms with E-state index in [-0.39, 0.29) is 11.6 Å². The van der Waals surface area contributed by atoms with E-state index in [1.165, 1.54) is 12.1 Å². The van der Waals surface area contributed by atoms with E-state index < -0.39 is 4.92 Å². The summed E-state index contributed by atoms with van der Waals surface area (Å²) in [4.78, 5) is 24.3. The zero-order valence-electron chi connectivity index (χ0n) is 10.2. The van der Waals surface area contributed by atoms with E-state index in [1.54, 1.807) is 18.0 Å². The number of carbonyl (C=O) groups is 1. The third-order valence-electron chi connectivity index (χ3n) is 3.11. The quantitative estimate of drug-likeness (QED) is 0.655. The van der Waals surface area contributed by atoms with E-state index in [0.29, 0.717) is 11.3 Å². The maximum absolute atomic E-state index is 12.3. The average Bonchev–Trinajstić information content (AvgIpc) is 2.90. The van der Waals surface area contributed by atoms with Gasteiger partial charge in [0.15, 0.2) is 0 Å². The molecule has 0 unspecified atom stereocenters. The van der Waals surface area contributed by atoms with Crippen LogP contribution >= 0.6 is 0 Å². The molecule has 1 aliphatic heterocycles. The molecule has 1 saturated heterocycles. The van der Waals surface area contributed by atoms with Crippen LogP contribution < -0.4 is 5.32 Å². The lowest BCUT2D eigenvalue weighted by Crippen LogP contribution is -2.28. The van der Waals surface area contributed by atoms with Crippen molar-refractivity contribution in [3.63, 3.8) is 0 Å². The Labute approximate surface area is 105 Å². The van der Waals surface area contributed by atoms with Gasteiger partial charge >= 0.3 is 0 Å². The summed E-state index contributed by atoms with van der Waals surface area (Å²) in [6.07, 6.45) is 1.99. The largest absolute Gasteiger partial charge is 0.387 e. The van der Waals surface area contributed by atoms with Crippen molar-refractivity contribution in [1.82, 2.24) is 4.90 Å². The smallest absolute Gasteiger partial charge is 0.270 e. The predicted octanol–water partition coefficient (Wildman–Crippen LogP) is 1.87. The molecule has 0 bridgehead atoms. The van der Waals surface area contributed by atoms with Crippen molar-refractivity contribution in [2.45, 2.75) is 12.8 Å². The van der Waals surface area contributed by atoms with Crippen LogP contribution in [-0.2, 0) is 0 Å². The highest BCUT2D eigenvalue weighted by Crippen LogP contribution is 2.24. The van der Waals surface area contributed by atoms with Gasteiger partial charge in [0.05, 0.1) is 10.5 Å². The van der Waals surface area contributed by atoms with Gasteiger partial charge in [-0.15, -0.1) is 0 Å². The predicted molar refractivity (Wildman–Crippen MR) is 67.8 cm³/mol. The molecule has 0 spiro atoms. The van der Waals surface area contributed by atoms with Crippen LogP contribution in [0.4, 0.5) is 11.4 Å². The minimum atomic E-state index is -0.486. The average molecular weight is 249 g/mol. The molecular weight excluding hydrogens is 234 g/mol. The molecule has 0 aromatic heterocycles. The van der Waals surface area contributed by atoms with E-state index in [2.05, 4.69) is 5.32 Å². The van der Waals surface area contributed by atoms with E-state index in [9.17, 15) is 14.9 Å². The Bertz CT molecular complexity index is 481. The molecule has 1 N–H and O–H groups in total. The molecule has 0 aliphatic carbocycles. The van der Waals surface area contributed by atoms with Crippen molar-refractivity contribution in [3.05, 3.63) is 33.9 Å². The van der Waals surface area contributed by atoms with E-state index in [1.807, 2.05) is 0 Å². The summed E-state index contributed by atoms with van der Waals surface area (Å²) in [5.41, 5.74) is 0.933. The minimum Gasteiger partial charge on any atom is -0.387 e. The van der Waals surface area contributed by atoms with Crippen LogP contribution in [0.1, 0.15) is 23.2 Å². The summed E-state index contributed by atoms with van der Waals surface area (Å²) in [5.74, 6) is -0.138. The normalized spacial score (nSPS) is 14.6. The molecule has 0 saturated carbocycles. The molecular formula is C12H15N3O3. The highest BCUT2D eigenvalue weighted by atomic mass is 16.6. The summed E-state index contributed by atoms with van der Waals surface area (Å²) in [7, 11) is 1.70. The molecule has 96 valence electrons. The number of amides is 1. The first-order valence-corrected chi connectivity index (χ1v) is 5.89. The topological polar surface area (TPSA) is 75.5 Å². The van der Waals surface area contributed by atoms with Crippen LogP contribution in [0.15, 0.2) is 18.2 Å². The summed E-state index contributed by atoms with van der Waals surface area (Å²) >= 11 is 0. The Kier molecular flexibility index (Phi) is 3.45. The number of benzene rings is 1. The van der Waals surface area contributed by atoms with Crippen molar-refractivity contribution in [1.29, 1.82) is 0 Å². The summed E-state index contributed by atoms with van der Waals surface area (Å²) in [6.45, 7) is 1.45. The van der Waals surface area contributed by atoms with Gasteiger partial charge in [0.1, 0.15) is 0 Å². The number of non-ortho nitro benzene ring substituents is 1. The second kappa shape index (κ2) is 5.03. The summed E-state index contributed by atoms with van der Waals surface area (Å²) < 4.78 is 0. The number of likely N-dealkylation sites (tertiary alicyclic amines) is 1. The highest BCUT2D eigenvalue weighted by Gasteiger charge is 2.23. The highest BCUT2D eigenvalue weighted by molar-refractivity contribution is 6.00. The van der Waals surface area contributed by atoms with Crippen molar-refractivity contribution in [2.24, 2.45) is 0 Å². The standard InChI is InChI=1S/C12H15N3O3/c1-13-11-5-4-9(15(17)18)8-10(11)12(16)14-6-2-3-7-14/h4-5,8,13H,2-3,6-7H2,1H3. The van der Waals surface area contributed by atoms with Crippen molar-refractivity contribution >= 4 is 17.3 Å². The zero-order chi connectivity index (χ0) is 13.1. The lowest BCUT2D eigenvalue weighted by Gasteiger charge is -2.17. The maximum Gasteiger partial charge on any atom is 0.270 e. The fraction of sp³-hybridized carbons (Fsp3) is 0.417. The number of nitro groups is 1. The lowest BCUT2D eigenvalue weighted by molar-refractivity contribution is -0.384. The molecule has 6 heteroatoms. The second-order valence-corrected chi connectivity index (χ2v) is 4.24. The Morgan fingerprint density at radius 2 is 2.06 bits per heavy atom. The van der Waals surface area contributed by atoms with Gasteiger partial charge in [-0.3, -0.25) is 14.9 Å². The van der Waals surface area contributed by atoms with Gasteiger partial charge in [0.25, 0.3) is 11.6 Å². The third kappa shape index (κ3) is 2.27. The van der Waals surface area contributed by atoms with Crippen molar-refractivity contribution in [2.75, 3.05) is 25.5 Å². The number of hydrogen-bond acceptors (Lipinski definition) is 4. The monoisotopic (exact) mass is 249 g/mol. The summed E-state index contributed by atoms with van der Waals surface area (Å²) in [5, 5.41) is 13.7. The third-order valence-corrected chi connectivity index (χ3v) is 3.11. The fourth-order valence-electron chi connectivity index (χ4n) is 2.13. The molecule has 0 atom stereocenters. The van der Waals surface area contributed by atoms with Gasteiger partial charge in [-0.05, 0) is 18.9 Å². The SMILES string of the molecule is CNc1ccc([N+](=O)[O-])cc1C(=O)N1CCCC1. The van der Waals surface area contributed by atoms with Crippen LogP contribution in [0, 0.1) is 10.1 Å². The van der Waals surface area contributed by atoms with E-state index in [0.717, 1.165) is 25.9 Å². The van der Waals surface area contributed by atoms with Crippen LogP contribution in [0.5, 0.6) is 0 Å². The van der Waals surface area contributed by atoms with Gasteiger partial charge in [-0.25, -0.2) is 0 Å². The first-order valence-electron chi connectivity index (χ1n) is 5.89. The Morgan fingerprint density at radius 3 is 2.61 bits per heavy atom. The van der Waals surface area contributed by atoms with Gasteiger partial charge in [-0.1, -0.05) is 0 Å².